The van der Waals surface area contributed by atoms with Gasteiger partial charge in [0.05, 0.1) is 24.7 Å². The van der Waals surface area contributed by atoms with Crippen molar-refractivity contribution in [2.24, 2.45) is 7.05 Å². The maximum Gasteiger partial charge on any atom is 0.434 e. The molecule has 3 heterocycles. The molecular weight excluding hydrogens is 464 g/mol. The van der Waals surface area contributed by atoms with Crippen molar-refractivity contribution in [3.05, 3.63) is 71.4 Å². The number of methoxy groups -OCH3 is 1. The average molecular weight is 484 g/mol. The molecule has 0 amide bonds. The number of imidazole rings is 1. The molecule has 0 unspecified atom stereocenters. The lowest BCUT2D eigenvalue weighted by Gasteiger charge is -2.12. The third-order valence-corrected chi connectivity index (χ3v) is 5.79. The number of halogens is 4. The van der Waals surface area contributed by atoms with Crippen LogP contribution in [0.1, 0.15) is 41.4 Å². The largest absolute Gasteiger partial charge is 0.480 e. The van der Waals surface area contributed by atoms with Gasteiger partial charge >= 0.3 is 6.18 Å². The van der Waals surface area contributed by atoms with E-state index in [-0.39, 0.29) is 29.7 Å². The monoisotopic (exact) mass is 484 g/mol. The average Bonchev–Trinajstić information content (AvgIpc) is 3.61. The molecule has 0 radical (unpaired) electrons. The number of nitrogens with zero attached hydrogens (tertiary/aromatic N) is 6. The zero-order chi connectivity index (χ0) is 24.7. The molecule has 1 aromatic carbocycles. The number of hydrogen-bond donors (Lipinski definition) is 0. The van der Waals surface area contributed by atoms with Gasteiger partial charge in [-0.1, -0.05) is 24.3 Å². The lowest BCUT2D eigenvalue weighted by Crippen LogP contribution is -2.05. The van der Waals surface area contributed by atoms with Crippen LogP contribution in [-0.4, -0.2) is 36.6 Å². The van der Waals surface area contributed by atoms with E-state index in [0.717, 1.165) is 36.5 Å². The van der Waals surface area contributed by atoms with Crippen LogP contribution < -0.4 is 4.74 Å². The fourth-order valence-electron chi connectivity index (χ4n) is 3.90. The van der Waals surface area contributed by atoms with Crippen molar-refractivity contribution in [3.8, 4) is 28.7 Å². The van der Waals surface area contributed by atoms with Gasteiger partial charge in [-0.2, -0.15) is 13.2 Å². The van der Waals surface area contributed by atoms with E-state index in [9.17, 15) is 17.6 Å². The van der Waals surface area contributed by atoms with Crippen LogP contribution in [0.5, 0.6) is 5.88 Å². The first kappa shape index (κ1) is 22.9. The molecule has 0 spiro atoms. The van der Waals surface area contributed by atoms with E-state index in [0.29, 0.717) is 17.0 Å². The summed E-state index contributed by atoms with van der Waals surface area (Å²) in [6.07, 6.45) is 1.11. The molecule has 5 rings (SSSR count). The maximum atomic E-state index is 14.6. The van der Waals surface area contributed by atoms with Gasteiger partial charge in [0.25, 0.3) is 0 Å². The minimum absolute atomic E-state index is 0.158. The first-order chi connectivity index (χ1) is 16.7. The van der Waals surface area contributed by atoms with Crippen LogP contribution in [0.2, 0.25) is 0 Å². The Kier molecular flexibility index (Phi) is 5.70. The third kappa shape index (κ3) is 4.58. The normalized spacial score (nSPS) is 13.8. The maximum absolute atomic E-state index is 14.6. The van der Waals surface area contributed by atoms with Crippen LogP contribution in [0.4, 0.5) is 17.6 Å². The summed E-state index contributed by atoms with van der Waals surface area (Å²) in [5, 5.41) is 0. The van der Waals surface area contributed by atoms with Gasteiger partial charge < -0.3 is 9.30 Å². The van der Waals surface area contributed by atoms with Crippen molar-refractivity contribution in [3.63, 3.8) is 0 Å². The number of aromatic nitrogens is 6. The summed E-state index contributed by atoms with van der Waals surface area (Å²) in [4.78, 5) is 20.9. The quantitative estimate of drug-likeness (QED) is 0.360. The van der Waals surface area contributed by atoms with Crippen LogP contribution in [0.15, 0.2) is 43.0 Å². The minimum Gasteiger partial charge on any atom is -0.480 e. The molecule has 1 aliphatic rings. The second kappa shape index (κ2) is 8.71. The molecule has 3 aromatic heterocycles. The van der Waals surface area contributed by atoms with Gasteiger partial charge in [0, 0.05) is 31.1 Å². The van der Waals surface area contributed by atoms with Crippen molar-refractivity contribution >= 4 is 0 Å². The summed E-state index contributed by atoms with van der Waals surface area (Å²) in [6.45, 7) is 0. The zero-order valence-corrected chi connectivity index (χ0v) is 18.8. The van der Waals surface area contributed by atoms with Gasteiger partial charge in [0.15, 0.2) is 17.3 Å². The van der Waals surface area contributed by atoms with Crippen molar-refractivity contribution < 1.29 is 22.3 Å². The molecule has 1 saturated carbocycles. The first-order valence-electron chi connectivity index (χ1n) is 10.8. The van der Waals surface area contributed by atoms with Crippen molar-refractivity contribution in [2.75, 3.05) is 7.11 Å². The number of ether oxygens (including phenoxy) is 1. The Morgan fingerprint density at radius 1 is 1.06 bits per heavy atom. The predicted octanol–water partition coefficient (Wildman–Crippen LogP) is 4.97. The lowest BCUT2D eigenvalue weighted by atomic mass is 10.1. The summed E-state index contributed by atoms with van der Waals surface area (Å²) in [6, 6.07) is 6.72. The van der Waals surface area contributed by atoms with Crippen molar-refractivity contribution in [2.45, 2.75) is 31.4 Å². The van der Waals surface area contributed by atoms with Crippen LogP contribution >= 0.6 is 0 Å². The third-order valence-electron chi connectivity index (χ3n) is 5.79. The fourth-order valence-corrected chi connectivity index (χ4v) is 3.90. The summed E-state index contributed by atoms with van der Waals surface area (Å²) < 4.78 is 60.3. The van der Waals surface area contributed by atoms with Gasteiger partial charge in [-0.25, -0.2) is 29.3 Å². The Balaban J connectivity index is 1.44. The van der Waals surface area contributed by atoms with Crippen molar-refractivity contribution in [1.82, 2.24) is 29.5 Å². The summed E-state index contributed by atoms with van der Waals surface area (Å²) in [5.41, 5.74) is 1.79. The van der Waals surface area contributed by atoms with Crippen LogP contribution in [-0.2, 0) is 19.6 Å². The van der Waals surface area contributed by atoms with Gasteiger partial charge in [0.1, 0.15) is 17.7 Å². The summed E-state index contributed by atoms with van der Waals surface area (Å²) in [7, 11) is 2.99. The first-order valence-corrected chi connectivity index (χ1v) is 10.8. The summed E-state index contributed by atoms with van der Waals surface area (Å²) in [5.74, 6) is 0.501. The molecule has 35 heavy (non-hydrogen) atoms. The molecule has 0 saturated heterocycles. The topological polar surface area (TPSA) is 78.6 Å². The Hall–Kier alpha value is -3.89. The molecule has 4 aromatic rings. The molecule has 0 aliphatic heterocycles. The van der Waals surface area contributed by atoms with Gasteiger partial charge in [-0.3, -0.25) is 0 Å². The SMILES string of the molecule is COc1ncnc(C2CC2)c1-c1ncc(F)c(Cc2ccc(-c3nc(C(F)(F)F)cn3C)cc2)n1. The van der Waals surface area contributed by atoms with E-state index >= 15 is 0 Å². The van der Waals surface area contributed by atoms with Gasteiger partial charge in [-0.15, -0.1) is 0 Å². The highest BCUT2D eigenvalue weighted by molar-refractivity contribution is 5.66. The second-order valence-corrected chi connectivity index (χ2v) is 8.34. The number of rotatable bonds is 6. The van der Waals surface area contributed by atoms with Gasteiger partial charge in [0.2, 0.25) is 5.88 Å². The van der Waals surface area contributed by atoms with E-state index in [1.807, 2.05) is 0 Å². The molecule has 7 nitrogen and oxygen atoms in total. The highest BCUT2D eigenvalue weighted by Crippen LogP contribution is 2.44. The Labute approximate surface area is 197 Å². The van der Waals surface area contributed by atoms with Crippen LogP contribution in [0.3, 0.4) is 0 Å². The van der Waals surface area contributed by atoms with Gasteiger partial charge in [-0.05, 0) is 18.4 Å². The number of benzene rings is 1. The minimum atomic E-state index is -4.52. The molecule has 11 heteroatoms. The molecular formula is C24H20F4N6O. The molecule has 1 aliphatic carbocycles. The zero-order valence-electron chi connectivity index (χ0n) is 18.8. The lowest BCUT2D eigenvalue weighted by molar-refractivity contribution is -0.140. The number of alkyl halides is 3. The number of hydrogen-bond acceptors (Lipinski definition) is 6. The Bertz CT molecular complexity index is 1380. The van der Waals surface area contributed by atoms with E-state index in [1.165, 1.54) is 25.1 Å². The van der Waals surface area contributed by atoms with E-state index < -0.39 is 17.7 Å². The second-order valence-electron chi connectivity index (χ2n) is 8.34. The molecule has 180 valence electrons. The fraction of sp³-hybridized carbons (Fsp3) is 0.292. The number of aryl methyl sites for hydroxylation is 1. The van der Waals surface area contributed by atoms with Crippen LogP contribution in [0, 0.1) is 5.82 Å². The molecule has 0 atom stereocenters. The van der Waals surface area contributed by atoms with E-state index in [4.69, 9.17) is 4.74 Å². The summed E-state index contributed by atoms with van der Waals surface area (Å²) >= 11 is 0. The molecule has 0 N–H and O–H groups in total. The van der Waals surface area contributed by atoms with Crippen LogP contribution in [0.25, 0.3) is 22.8 Å². The smallest absolute Gasteiger partial charge is 0.434 e. The van der Waals surface area contributed by atoms with Crippen molar-refractivity contribution in [1.29, 1.82) is 0 Å². The molecule has 1 fully saturated rings. The highest BCUT2D eigenvalue weighted by Gasteiger charge is 2.34. The van der Waals surface area contributed by atoms with E-state index in [1.54, 1.807) is 24.3 Å². The van der Waals surface area contributed by atoms with E-state index in [2.05, 4.69) is 24.9 Å². The Morgan fingerprint density at radius 3 is 2.43 bits per heavy atom. The standard InChI is InChI=1S/C24H20F4N6O/c1-34-11-18(24(26,27)28)33-22(34)15-5-3-13(4-6-15)9-17-16(25)10-29-21(32-17)19-20(14-7-8-14)30-12-31-23(19)35-2/h3-6,10-12,14H,7-9H2,1-2H3. The predicted molar refractivity (Wildman–Crippen MR) is 118 cm³/mol. The molecule has 0 bridgehead atoms. The highest BCUT2D eigenvalue weighted by atomic mass is 19.4. The Morgan fingerprint density at radius 2 is 1.80 bits per heavy atom.